The van der Waals surface area contributed by atoms with Crippen LogP contribution in [0.4, 0.5) is 4.79 Å². The van der Waals surface area contributed by atoms with E-state index in [0.29, 0.717) is 11.4 Å². The minimum absolute atomic E-state index is 0.194. The number of alkyl carbamates (subject to hydrolysis) is 1. The topological polar surface area (TPSA) is 75.7 Å². The molecule has 1 N–H and O–H groups in total. The van der Waals surface area contributed by atoms with Crippen molar-refractivity contribution in [3.05, 3.63) is 29.8 Å². The maximum atomic E-state index is 12.7. The summed E-state index contributed by atoms with van der Waals surface area (Å²) in [6.45, 7) is 11.8. The summed E-state index contributed by atoms with van der Waals surface area (Å²) in [6, 6.07) is 6.61. The molecule has 1 aliphatic rings. The maximum Gasteiger partial charge on any atom is 0.407 e. The molecule has 0 bridgehead atoms. The Hall–Kier alpha value is -1.60. The zero-order valence-electron chi connectivity index (χ0n) is 15.8. The van der Waals surface area contributed by atoms with E-state index in [1.165, 1.54) is 4.31 Å². The third-order valence-corrected chi connectivity index (χ3v) is 5.97. The second-order valence-corrected chi connectivity index (χ2v) is 10.4. The first-order chi connectivity index (χ1) is 11.3. The van der Waals surface area contributed by atoms with Crippen LogP contribution in [0.2, 0.25) is 0 Å². The first-order valence-corrected chi connectivity index (χ1v) is 9.82. The summed E-state index contributed by atoms with van der Waals surface area (Å²) < 4.78 is 32.2. The zero-order chi connectivity index (χ0) is 19.0. The van der Waals surface area contributed by atoms with E-state index in [1.807, 2.05) is 32.9 Å². The van der Waals surface area contributed by atoms with Gasteiger partial charge in [-0.15, -0.1) is 0 Å². The summed E-state index contributed by atoms with van der Waals surface area (Å²) in [4.78, 5) is 12.5. The van der Waals surface area contributed by atoms with Crippen LogP contribution in [0.25, 0.3) is 0 Å². The molecular weight excluding hydrogens is 340 g/mol. The van der Waals surface area contributed by atoms with Gasteiger partial charge in [0.15, 0.2) is 0 Å². The van der Waals surface area contributed by atoms with Gasteiger partial charge in [0.25, 0.3) is 0 Å². The molecule has 2 rings (SSSR count). The van der Waals surface area contributed by atoms with Crippen molar-refractivity contribution in [2.24, 2.45) is 5.41 Å². The summed E-state index contributed by atoms with van der Waals surface area (Å²) >= 11 is 0. The number of ether oxygens (including phenoxy) is 1. The largest absolute Gasteiger partial charge is 0.444 e. The van der Waals surface area contributed by atoms with E-state index in [4.69, 9.17) is 4.74 Å². The van der Waals surface area contributed by atoms with E-state index in [-0.39, 0.29) is 18.0 Å². The standard InChI is InChI=1S/C18H28N2O4S/c1-17(2,3)15(19-16(21)24-18(4,5)6)12-20-11-13-9-7-8-10-14(13)25(20,22)23/h7-10,15H,11-12H2,1-6H3,(H,19,21)/t15-/m1/s1. The maximum absolute atomic E-state index is 12.7. The molecule has 6 nitrogen and oxygen atoms in total. The summed E-state index contributed by atoms with van der Waals surface area (Å²) in [5.74, 6) is 0. The van der Waals surface area contributed by atoms with Crippen molar-refractivity contribution < 1.29 is 17.9 Å². The van der Waals surface area contributed by atoms with Crippen molar-refractivity contribution >= 4 is 16.1 Å². The Balaban J connectivity index is 2.18. The third kappa shape index (κ3) is 4.73. The van der Waals surface area contributed by atoms with Gasteiger partial charge < -0.3 is 10.1 Å². The molecule has 1 aliphatic heterocycles. The highest BCUT2D eigenvalue weighted by Gasteiger charge is 2.39. The van der Waals surface area contributed by atoms with E-state index in [0.717, 1.165) is 5.56 Å². The van der Waals surface area contributed by atoms with Crippen molar-refractivity contribution in [2.75, 3.05) is 6.54 Å². The van der Waals surface area contributed by atoms with E-state index in [9.17, 15) is 13.2 Å². The molecule has 0 saturated heterocycles. The lowest BCUT2D eigenvalue weighted by atomic mass is 9.86. The van der Waals surface area contributed by atoms with Gasteiger partial charge in [-0.1, -0.05) is 39.0 Å². The third-order valence-electron chi connectivity index (χ3n) is 4.06. The highest BCUT2D eigenvalue weighted by atomic mass is 32.2. The Labute approximate surface area is 150 Å². The van der Waals surface area contributed by atoms with Gasteiger partial charge in [-0.3, -0.25) is 0 Å². The number of nitrogens with one attached hydrogen (secondary N) is 1. The highest BCUT2D eigenvalue weighted by Crippen LogP contribution is 2.32. The second-order valence-electron chi connectivity index (χ2n) is 8.47. The lowest BCUT2D eigenvalue weighted by molar-refractivity contribution is 0.0452. The SMILES string of the molecule is CC(C)(C)OC(=O)N[C@H](CN1Cc2ccccc2S1(=O)=O)C(C)(C)C. The van der Waals surface area contributed by atoms with E-state index in [1.54, 1.807) is 32.9 Å². The molecule has 25 heavy (non-hydrogen) atoms. The van der Waals surface area contributed by atoms with E-state index < -0.39 is 21.7 Å². The number of carbonyl (C=O) groups excluding carboxylic acids is 1. The number of amides is 1. The molecule has 140 valence electrons. The number of sulfonamides is 1. The van der Waals surface area contributed by atoms with Gasteiger partial charge in [-0.05, 0) is 37.8 Å². The molecule has 1 amide bonds. The van der Waals surface area contributed by atoms with Crippen LogP contribution in [0.15, 0.2) is 29.2 Å². The number of benzene rings is 1. The number of nitrogens with zero attached hydrogens (tertiary/aromatic N) is 1. The molecule has 0 fully saturated rings. The number of carbonyl (C=O) groups is 1. The first kappa shape index (κ1) is 19.7. The Kier molecular flexibility index (Phi) is 5.21. The summed E-state index contributed by atoms with van der Waals surface area (Å²) in [5.41, 5.74) is -0.156. The van der Waals surface area contributed by atoms with Crippen LogP contribution in [0.3, 0.4) is 0 Å². The number of rotatable bonds is 3. The molecule has 1 atom stereocenters. The Bertz CT molecular complexity index is 745. The fourth-order valence-electron chi connectivity index (χ4n) is 2.65. The van der Waals surface area contributed by atoms with Crippen molar-refractivity contribution in [3.8, 4) is 0 Å². The van der Waals surface area contributed by atoms with Crippen LogP contribution in [0, 0.1) is 5.41 Å². The van der Waals surface area contributed by atoms with Crippen molar-refractivity contribution in [1.29, 1.82) is 0 Å². The fourth-order valence-corrected chi connectivity index (χ4v) is 4.30. The van der Waals surface area contributed by atoms with Crippen molar-refractivity contribution in [1.82, 2.24) is 9.62 Å². The van der Waals surface area contributed by atoms with Crippen LogP contribution < -0.4 is 5.32 Å². The number of hydrogen-bond acceptors (Lipinski definition) is 4. The van der Waals surface area contributed by atoms with Crippen molar-refractivity contribution in [2.45, 2.75) is 64.6 Å². The molecule has 0 aromatic heterocycles. The van der Waals surface area contributed by atoms with Crippen LogP contribution in [0.5, 0.6) is 0 Å². The molecule has 1 aromatic carbocycles. The molecule has 1 heterocycles. The Morgan fingerprint density at radius 2 is 1.80 bits per heavy atom. The van der Waals surface area contributed by atoms with Gasteiger partial charge >= 0.3 is 6.09 Å². The van der Waals surface area contributed by atoms with Gasteiger partial charge in [0, 0.05) is 13.1 Å². The van der Waals surface area contributed by atoms with E-state index in [2.05, 4.69) is 5.32 Å². The summed E-state index contributed by atoms with van der Waals surface area (Å²) in [5, 5.41) is 2.84. The average molecular weight is 368 g/mol. The molecule has 0 radical (unpaired) electrons. The molecule has 0 aliphatic carbocycles. The van der Waals surface area contributed by atoms with Gasteiger partial charge in [0.05, 0.1) is 10.9 Å². The molecular formula is C18H28N2O4S. The monoisotopic (exact) mass is 368 g/mol. The molecule has 0 unspecified atom stereocenters. The summed E-state index contributed by atoms with van der Waals surface area (Å²) in [7, 11) is -3.53. The molecule has 7 heteroatoms. The first-order valence-electron chi connectivity index (χ1n) is 8.38. The quantitative estimate of drug-likeness (QED) is 0.889. The van der Waals surface area contributed by atoms with Gasteiger partial charge in [0.2, 0.25) is 10.0 Å². The van der Waals surface area contributed by atoms with Crippen LogP contribution in [0.1, 0.15) is 47.1 Å². The minimum Gasteiger partial charge on any atom is -0.444 e. The molecule has 0 spiro atoms. The zero-order valence-corrected chi connectivity index (χ0v) is 16.6. The Morgan fingerprint density at radius 3 is 2.32 bits per heavy atom. The Morgan fingerprint density at radius 1 is 1.20 bits per heavy atom. The van der Waals surface area contributed by atoms with Crippen molar-refractivity contribution in [3.63, 3.8) is 0 Å². The van der Waals surface area contributed by atoms with Gasteiger partial charge in [-0.25, -0.2) is 13.2 Å². The van der Waals surface area contributed by atoms with Gasteiger partial charge in [0.1, 0.15) is 5.60 Å². The normalized spacial score (nSPS) is 18.5. The second kappa shape index (κ2) is 6.61. The van der Waals surface area contributed by atoms with Crippen LogP contribution in [-0.2, 0) is 21.3 Å². The smallest absolute Gasteiger partial charge is 0.407 e. The number of hydrogen-bond donors (Lipinski definition) is 1. The molecule has 0 saturated carbocycles. The predicted molar refractivity (Wildman–Crippen MR) is 96.7 cm³/mol. The fraction of sp³-hybridized carbons (Fsp3) is 0.611. The van der Waals surface area contributed by atoms with E-state index >= 15 is 0 Å². The lowest BCUT2D eigenvalue weighted by Crippen LogP contribution is -2.51. The summed E-state index contributed by atoms with van der Waals surface area (Å²) in [6.07, 6.45) is -0.540. The molecule has 1 aromatic rings. The van der Waals surface area contributed by atoms with Crippen LogP contribution >= 0.6 is 0 Å². The van der Waals surface area contributed by atoms with Gasteiger partial charge in [-0.2, -0.15) is 4.31 Å². The minimum atomic E-state index is -3.53. The lowest BCUT2D eigenvalue weighted by Gasteiger charge is -2.34. The average Bonchev–Trinajstić information content (AvgIpc) is 2.67. The predicted octanol–water partition coefficient (Wildman–Crippen LogP) is 3.13. The highest BCUT2D eigenvalue weighted by molar-refractivity contribution is 7.89. The number of fused-ring (bicyclic) bond motifs is 1. The van der Waals surface area contributed by atoms with Crippen LogP contribution in [-0.4, -0.2) is 37.0 Å².